The van der Waals surface area contributed by atoms with Crippen molar-refractivity contribution in [1.29, 1.82) is 0 Å². The monoisotopic (exact) mass is 185 g/mol. The average Bonchev–Trinajstić information content (AvgIpc) is 2.03. The standard InChI is InChI=1S/C10H19NO2/c1-7(2)11-9-6-4-3-5-8(9)10(12)13/h7-9,11H,3-6H2,1-2H3,(H,12,13). The molecule has 0 amide bonds. The fourth-order valence-electron chi connectivity index (χ4n) is 2.05. The molecule has 1 fully saturated rings. The van der Waals surface area contributed by atoms with Gasteiger partial charge in [-0.1, -0.05) is 26.7 Å². The summed E-state index contributed by atoms with van der Waals surface area (Å²) in [6.07, 6.45) is 4.07. The molecule has 1 saturated carbocycles. The first-order valence-electron chi connectivity index (χ1n) is 5.10. The smallest absolute Gasteiger partial charge is 0.308 e. The molecule has 1 rings (SSSR count). The molecular formula is C10H19NO2. The number of hydrogen-bond acceptors (Lipinski definition) is 2. The maximum atomic E-state index is 10.9. The van der Waals surface area contributed by atoms with Crippen LogP contribution in [-0.2, 0) is 4.79 Å². The van der Waals surface area contributed by atoms with Gasteiger partial charge in [-0.25, -0.2) is 0 Å². The van der Waals surface area contributed by atoms with E-state index in [1.807, 2.05) is 0 Å². The zero-order chi connectivity index (χ0) is 9.84. The molecule has 76 valence electrons. The molecule has 0 heterocycles. The van der Waals surface area contributed by atoms with Crippen LogP contribution in [0, 0.1) is 5.92 Å². The van der Waals surface area contributed by atoms with E-state index < -0.39 is 5.97 Å². The molecule has 2 unspecified atom stereocenters. The Morgan fingerprint density at radius 2 is 2.00 bits per heavy atom. The van der Waals surface area contributed by atoms with E-state index in [9.17, 15) is 4.79 Å². The summed E-state index contributed by atoms with van der Waals surface area (Å²) < 4.78 is 0. The first kappa shape index (κ1) is 10.5. The molecule has 0 aromatic carbocycles. The van der Waals surface area contributed by atoms with Gasteiger partial charge in [0.25, 0.3) is 0 Å². The molecule has 0 spiro atoms. The predicted molar refractivity (Wildman–Crippen MR) is 51.7 cm³/mol. The Labute approximate surface area is 79.5 Å². The minimum atomic E-state index is -0.641. The topological polar surface area (TPSA) is 49.3 Å². The van der Waals surface area contributed by atoms with E-state index in [-0.39, 0.29) is 12.0 Å². The van der Waals surface area contributed by atoms with E-state index in [2.05, 4.69) is 19.2 Å². The summed E-state index contributed by atoms with van der Waals surface area (Å²) in [5.74, 6) is -0.811. The lowest BCUT2D eigenvalue weighted by atomic mass is 9.84. The summed E-state index contributed by atoms with van der Waals surface area (Å²) in [5.41, 5.74) is 0. The number of rotatable bonds is 3. The molecular weight excluding hydrogens is 166 g/mol. The second-order valence-electron chi connectivity index (χ2n) is 4.16. The van der Waals surface area contributed by atoms with Crippen molar-refractivity contribution < 1.29 is 9.90 Å². The van der Waals surface area contributed by atoms with Gasteiger partial charge in [0.2, 0.25) is 0 Å². The van der Waals surface area contributed by atoms with Crippen LogP contribution >= 0.6 is 0 Å². The second kappa shape index (κ2) is 4.61. The lowest BCUT2D eigenvalue weighted by Gasteiger charge is -2.30. The summed E-state index contributed by atoms with van der Waals surface area (Å²) in [7, 11) is 0. The third-order valence-electron chi connectivity index (χ3n) is 2.63. The van der Waals surface area contributed by atoms with Gasteiger partial charge in [0.15, 0.2) is 0 Å². The number of aliphatic carboxylic acids is 1. The molecule has 0 aliphatic heterocycles. The SMILES string of the molecule is CC(C)NC1CCCCC1C(=O)O. The molecule has 1 aliphatic rings. The van der Waals surface area contributed by atoms with Crippen molar-refractivity contribution in [3.8, 4) is 0 Å². The maximum absolute atomic E-state index is 10.9. The van der Waals surface area contributed by atoms with Crippen LogP contribution in [0.15, 0.2) is 0 Å². The van der Waals surface area contributed by atoms with Crippen LogP contribution in [0.5, 0.6) is 0 Å². The van der Waals surface area contributed by atoms with Crippen LogP contribution in [0.3, 0.4) is 0 Å². The normalized spacial score (nSPS) is 29.2. The van der Waals surface area contributed by atoms with E-state index in [4.69, 9.17) is 5.11 Å². The number of carboxylic acids is 1. The van der Waals surface area contributed by atoms with E-state index >= 15 is 0 Å². The zero-order valence-corrected chi connectivity index (χ0v) is 8.42. The summed E-state index contributed by atoms with van der Waals surface area (Å²) in [6.45, 7) is 4.13. The molecule has 0 aromatic rings. The Balaban J connectivity index is 2.51. The van der Waals surface area contributed by atoms with Crippen molar-refractivity contribution in [3.05, 3.63) is 0 Å². The number of nitrogens with one attached hydrogen (secondary N) is 1. The largest absolute Gasteiger partial charge is 0.481 e. The van der Waals surface area contributed by atoms with Gasteiger partial charge in [0, 0.05) is 12.1 Å². The molecule has 1 aliphatic carbocycles. The summed E-state index contributed by atoms with van der Waals surface area (Å²) in [4.78, 5) is 10.9. The summed E-state index contributed by atoms with van der Waals surface area (Å²) in [6, 6.07) is 0.566. The minimum Gasteiger partial charge on any atom is -0.481 e. The molecule has 13 heavy (non-hydrogen) atoms. The Kier molecular flexibility index (Phi) is 3.72. The molecule has 3 nitrogen and oxygen atoms in total. The van der Waals surface area contributed by atoms with Gasteiger partial charge in [-0.05, 0) is 12.8 Å². The first-order valence-corrected chi connectivity index (χ1v) is 5.10. The van der Waals surface area contributed by atoms with E-state index in [0.29, 0.717) is 6.04 Å². The summed E-state index contributed by atoms with van der Waals surface area (Å²) >= 11 is 0. The second-order valence-corrected chi connectivity index (χ2v) is 4.16. The van der Waals surface area contributed by atoms with Crippen LogP contribution in [0.4, 0.5) is 0 Å². The van der Waals surface area contributed by atoms with Crippen LogP contribution in [0.2, 0.25) is 0 Å². The van der Waals surface area contributed by atoms with Crippen LogP contribution in [-0.4, -0.2) is 23.2 Å². The number of carboxylic acid groups (broad SMARTS) is 1. The highest BCUT2D eigenvalue weighted by Gasteiger charge is 2.30. The highest BCUT2D eigenvalue weighted by Crippen LogP contribution is 2.24. The van der Waals surface area contributed by atoms with Crippen molar-refractivity contribution in [1.82, 2.24) is 5.32 Å². The molecule has 3 heteroatoms. The molecule has 2 N–H and O–H groups in total. The Morgan fingerprint density at radius 3 is 2.54 bits per heavy atom. The fraction of sp³-hybridized carbons (Fsp3) is 0.900. The van der Waals surface area contributed by atoms with Crippen LogP contribution < -0.4 is 5.32 Å². The molecule has 0 radical (unpaired) electrons. The first-order chi connectivity index (χ1) is 6.11. The zero-order valence-electron chi connectivity index (χ0n) is 8.42. The third-order valence-corrected chi connectivity index (χ3v) is 2.63. The molecule has 0 bridgehead atoms. The van der Waals surface area contributed by atoms with Gasteiger partial charge < -0.3 is 10.4 Å². The van der Waals surface area contributed by atoms with E-state index in [0.717, 1.165) is 25.7 Å². The lowest BCUT2D eigenvalue weighted by molar-refractivity contribution is -0.143. The van der Waals surface area contributed by atoms with Crippen molar-refractivity contribution >= 4 is 5.97 Å². The fourth-order valence-corrected chi connectivity index (χ4v) is 2.05. The third kappa shape index (κ3) is 2.99. The predicted octanol–water partition coefficient (Wildman–Crippen LogP) is 1.63. The molecule has 0 saturated heterocycles. The lowest BCUT2D eigenvalue weighted by Crippen LogP contribution is -2.45. The average molecular weight is 185 g/mol. The van der Waals surface area contributed by atoms with Crippen molar-refractivity contribution in [2.24, 2.45) is 5.92 Å². The highest BCUT2D eigenvalue weighted by molar-refractivity contribution is 5.71. The number of carbonyl (C=O) groups is 1. The van der Waals surface area contributed by atoms with Gasteiger partial charge >= 0.3 is 5.97 Å². The Hall–Kier alpha value is -0.570. The van der Waals surface area contributed by atoms with Gasteiger partial charge in [-0.2, -0.15) is 0 Å². The van der Waals surface area contributed by atoms with Crippen molar-refractivity contribution in [3.63, 3.8) is 0 Å². The quantitative estimate of drug-likeness (QED) is 0.702. The minimum absolute atomic E-state index is 0.170. The van der Waals surface area contributed by atoms with E-state index in [1.54, 1.807) is 0 Å². The van der Waals surface area contributed by atoms with Crippen LogP contribution in [0.25, 0.3) is 0 Å². The van der Waals surface area contributed by atoms with Crippen molar-refractivity contribution in [2.45, 2.75) is 51.6 Å². The molecule has 0 aromatic heterocycles. The van der Waals surface area contributed by atoms with Gasteiger partial charge in [-0.15, -0.1) is 0 Å². The van der Waals surface area contributed by atoms with Crippen molar-refractivity contribution in [2.75, 3.05) is 0 Å². The van der Waals surface area contributed by atoms with Gasteiger partial charge in [-0.3, -0.25) is 4.79 Å². The highest BCUT2D eigenvalue weighted by atomic mass is 16.4. The summed E-state index contributed by atoms with van der Waals surface area (Å²) in [5, 5.41) is 12.3. The van der Waals surface area contributed by atoms with E-state index in [1.165, 1.54) is 0 Å². The maximum Gasteiger partial charge on any atom is 0.308 e. The Bertz CT molecular complexity index is 180. The Morgan fingerprint density at radius 1 is 1.38 bits per heavy atom. The van der Waals surface area contributed by atoms with Gasteiger partial charge in [0.1, 0.15) is 0 Å². The van der Waals surface area contributed by atoms with Gasteiger partial charge in [0.05, 0.1) is 5.92 Å². The number of hydrogen-bond donors (Lipinski definition) is 2. The van der Waals surface area contributed by atoms with Crippen LogP contribution in [0.1, 0.15) is 39.5 Å². The molecule has 2 atom stereocenters.